The van der Waals surface area contributed by atoms with Gasteiger partial charge in [0.25, 0.3) is 0 Å². The molecule has 3 rings (SSSR count). The van der Waals surface area contributed by atoms with Crippen LogP contribution in [-0.4, -0.2) is 73.8 Å². The normalized spacial score (nSPS) is 20.4. The molecule has 148 valence electrons. The number of nitrogens with one attached hydrogen (secondary N) is 1. The molecule has 2 heterocycles. The zero-order valence-corrected chi connectivity index (χ0v) is 15.8. The third-order valence-corrected chi connectivity index (χ3v) is 5.05. The molecule has 1 atom stereocenters. The molecule has 1 aromatic rings. The van der Waals surface area contributed by atoms with E-state index in [-0.39, 0.29) is 12.5 Å². The van der Waals surface area contributed by atoms with Gasteiger partial charge in [0.2, 0.25) is 5.91 Å². The van der Waals surface area contributed by atoms with Crippen molar-refractivity contribution in [3.63, 3.8) is 0 Å². The minimum absolute atomic E-state index is 0.0776. The molecule has 27 heavy (non-hydrogen) atoms. The van der Waals surface area contributed by atoms with Crippen molar-refractivity contribution in [1.29, 1.82) is 0 Å². The van der Waals surface area contributed by atoms with Crippen molar-refractivity contribution in [1.82, 2.24) is 15.1 Å². The Kier molecular flexibility index (Phi) is 7.47. The van der Waals surface area contributed by atoms with Crippen LogP contribution in [0.5, 0.6) is 0 Å². The summed E-state index contributed by atoms with van der Waals surface area (Å²) < 4.78 is 10.7. The number of likely N-dealkylation sites (tertiary alicyclic amines) is 1. The summed E-state index contributed by atoms with van der Waals surface area (Å²) in [6, 6.07) is 9.15. The van der Waals surface area contributed by atoms with Gasteiger partial charge in [0, 0.05) is 26.2 Å². The van der Waals surface area contributed by atoms with Crippen molar-refractivity contribution in [3.8, 4) is 0 Å². The number of hydrogen-bond acceptors (Lipinski definition) is 5. The second kappa shape index (κ2) is 10.3. The van der Waals surface area contributed by atoms with E-state index in [4.69, 9.17) is 9.47 Å². The van der Waals surface area contributed by atoms with Gasteiger partial charge in [0.15, 0.2) is 0 Å². The SMILES string of the molecule is O=C(NCCCN1CCOCC1)C1CCCN1C(=O)OCc1ccccc1. The van der Waals surface area contributed by atoms with Gasteiger partial charge >= 0.3 is 6.09 Å². The summed E-state index contributed by atoms with van der Waals surface area (Å²) in [5.41, 5.74) is 0.939. The molecular formula is C20H29N3O4. The molecule has 1 unspecified atom stereocenters. The van der Waals surface area contributed by atoms with Gasteiger partial charge in [0.1, 0.15) is 12.6 Å². The number of carbonyl (C=O) groups excluding carboxylic acids is 2. The van der Waals surface area contributed by atoms with Gasteiger partial charge in [-0.1, -0.05) is 30.3 Å². The highest BCUT2D eigenvalue weighted by molar-refractivity contribution is 5.86. The number of amides is 2. The average molecular weight is 375 g/mol. The van der Waals surface area contributed by atoms with Crippen LogP contribution >= 0.6 is 0 Å². The first-order valence-corrected chi connectivity index (χ1v) is 9.79. The highest BCUT2D eigenvalue weighted by atomic mass is 16.6. The van der Waals surface area contributed by atoms with E-state index in [1.165, 1.54) is 0 Å². The maximum atomic E-state index is 12.5. The highest BCUT2D eigenvalue weighted by Crippen LogP contribution is 2.19. The third-order valence-electron chi connectivity index (χ3n) is 5.05. The predicted octanol–water partition coefficient (Wildman–Crippen LogP) is 1.63. The zero-order valence-electron chi connectivity index (χ0n) is 15.8. The molecule has 2 saturated heterocycles. The predicted molar refractivity (Wildman–Crippen MR) is 101 cm³/mol. The van der Waals surface area contributed by atoms with Gasteiger partial charge in [-0.25, -0.2) is 4.79 Å². The Bertz CT molecular complexity index is 605. The highest BCUT2D eigenvalue weighted by Gasteiger charge is 2.34. The van der Waals surface area contributed by atoms with Crippen molar-refractivity contribution in [3.05, 3.63) is 35.9 Å². The molecule has 0 spiro atoms. The van der Waals surface area contributed by atoms with Gasteiger partial charge in [-0.3, -0.25) is 14.6 Å². The summed E-state index contributed by atoms with van der Waals surface area (Å²) in [5.74, 6) is -0.0776. The second-order valence-corrected chi connectivity index (χ2v) is 6.99. The van der Waals surface area contributed by atoms with Crippen LogP contribution in [0.1, 0.15) is 24.8 Å². The zero-order chi connectivity index (χ0) is 18.9. The quantitative estimate of drug-likeness (QED) is 0.734. The average Bonchev–Trinajstić information content (AvgIpc) is 3.21. The topological polar surface area (TPSA) is 71.1 Å². The molecule has 2 amide bonds. The van der Waals surface area contributed by atoms with E-state index in [0.717, 1.165) is 51.3 Å². The monoisotopic (exact) mass is 375 g/mol. The second-order valence-electron chi connectivity index (χ2n) is 6.99. The first kappa shape index (κ1) is 19.6. The summed E-state index contributed by atoms with van der Waals surface area (Å²) in [6.07, 6.45) is 2.00. The Morgan fingerprint density at radius 3 is 2.70 bits per heavy atom. The number of ether oxygens (including phenoxy) is 2. The first-order valence-electron chi connectivity index (χ1n) is 9.79. The molecule has 0 bridgehead atoms. The Morgan fingerprint density at radius 2 is 1.93 bits per heavy atom. The number of hydrogen-bond donors (Lipinski definition) is 1. The molecule has 0 saturated carbocycles. The first-order chi connectivity index (χ1) is 13.2. The van der Waals surface area contributed by atoms with Crippen LogP contribution in [0.25, 0.3) is 0 Å². The summed E-state index contributed by atoms with van der Waals surface area (Å²) in [7, 11) is 0. The summed E-state index contributed by atoms with van der Waals surface area (Å²) in [4.78, 5) is 28.8. The Balaban J connectivity index is 1.38. The Labute approximate surface area is 160 Å². The van der Waals surface area contributed by atoms with E-state index in [9.17, 15) is 9.59 Å². The molecule has 0 aromatic heterocycles. The van der Waals surface area contributed by atoms with Crippen LogP contribution < -0.4 is 5.32 Å². The fourth-order valence-corrected chi connectivity index (χ4v) is 3.52. The van der Waals surface area contributed by atoms with Crippen LogP contribution in [0.4, 0.5) is 4.79 Å². The molecule has 7 nitrogen and oxygen atoms in total. The molecule has 2 aliphatic heterocycles. The van der Waals surface area contributed by atoms with E-state index in [0.29, 0.717) is 19.5 Å². The maximum absolute atomic E-state index is 12.5. The number of rotatable bonds is 7. The Hall–Kier alpha value is -2.12. The minimum atomic E-state index is -0.420. The summed E-state index contributed by atoms with van der Waals surface area (Å²) in [6.45, 7) is 5.86. The summed E-state index contributed by atoms with van der Waals surface area (Å²) in [5, 5.41) is 2.98. The smallest absolute Gasteiger partial charge is 0.410 e. The maximum Gasteiger partial charge on any atom is 0.410 e. The molecule has 0 aliphatic carbocycles. The lowest BCUT2D eigenvalue weighted by molar-refractivity contribution is -0.125. The van der Waals surface area contributed by atoms with Crippen LogP contribution in [0.2, 0.25) is 0 Å². The molecule has 7 heteroatoms. The molecule has 2 aliphatic rings. The lowest BCUT2D eigenvalue weighted by atomic mass is 10.2. The fourth-order valence-electron chi connectivity index (χ4n) is 3.52. The van der Waals surface area contributed by atoms with Crippen molar-refractivity contribution in [2.45, 2.75) is 31.9 Å². The number of nitrogens with zero attached hydrogens (tertiary/aromatic N) is 2. The third kappa shape index (κ3) is 5.94. The van der Waals surface area contributed by atoms with E-state index in [2.05, 4.69) is 10.2 Å². The van der Waals surface area contributed by atoms with Crippen molar-refractivity contribution in [2.75, 3.05) is 45.9 Å². The standard InChI is InChI=1S/C20H29N3O4/c24-19(21-9-5-10-22-12-14-26-15-13-22)18-8-4-11-23(18)20(25)27-16-17-6-2-1-3-7-17/h1-3,6-7,18H,4-5,8-16H2,(H,21,24). The lowest BCUT2D eigenvalue weighted by Crippen LogP contribution is -2.46. The molecule has 1 N–H and O–H groups in total. The largest absolute Gasteiger partial charge is 0.445 e. The number of benzene rings is 1. The number of carbonyl (C=O) groups is 2. The van der Waals surface area contributed by atoms with Gasteiger partial charge in [-0.15, -0.1) is 0 Å². The van der Waals surface area contributed by atoms with Crippen molar-refractivity contribution in [2.24, 2.45) is 0 Å². The van der Waals surface area contributed by atoms with E-state index < -0.39 is 12.1 Å². The number of morpholine rings is 1. The van der Waals surface area contributed by atoms with Gasteiger partial charge in [-0.2, -0.15) is 0 Å². The van der Waals surface area contributed by atoms with Crippen LogP contribution in [-0.2, 0) is 20.9 Å². The molecular weight excluding hydrogens is 346 g/mol. The van der Waals surface area contributed by atoms with Crippen LogP contribution in [0.3, 0.4) is 0 Å². The van der Waals surface area contributed by atoms with Crippen molar-refractivity contribution >= 4 is 12.0 Å². The fraction of sp³-hybridized carbons (Fsp3) is 0.600. The molecule has 0 radical (unpaired) electrons. The molecule has 2 fully saturated rings. The lowest BCUT2D eigenvalue weighted by Gasteiger charge is -2.27. The van der Waals surface area contributed by atoms with Crippen molar-refractivity contribution < 1.29 is 19.1 Å². The van der Waals surface area contributed by atoms with Gasteiger partial charge in [-0.05, 0) is 31.4 Å². The van der Waals surface area contributed by atoms with E-state index in [1.54, 1.807) is 4.90 Å². The Morgan fingerprint density at radius 1 is 1.15 bits per heavy atom. The van der Waals surface area contributed by atoms with Crippen LogP contribution in [0.15, 0.2) is 30.3 Å². The van der Waals surface area contributed by atoms with Crippen LogP contribution in [0, 0.1) is 0 Å². The van der Waals surface area contributed by atoms with E-state index >= 15 is 0 Å². The minimum Gasteiger partial charge on any atom is -0.445 e. The molecule has 1 aromatic carbocycles. The van der Waals surface area contributed by atoms with Gasteiger partial charge < -0.3 is 14.8 Å². The van der Waals surface area contributed by atoms with E-state index in [1.807, 2.05) is 30.3 Å². The summed E-state index contributed by atoms with van der Waals surface area (Å²) >= 11 is 0. The van der Waals surface area contributed by atoms with Gasteiger partial charge in [0.05, 0.1) is 13.2 Å².